The fourth-order valence-electron chi connectivity index (χ4n) is 2.31. The molecule has 1 rings (SSSR count). The third-order valence-electron chi connectivity index (χ3n) is 4.08. The van der Waals surface area contributed by atoms with Gasteiger partial charge in [0.25, 0.3) is 0 Å². The van der Waals surface area contributed by atoms with Crippen LogP contribution in [0.5, 0.6) is 0 Å². The molecular weight excluding hydrogens is 216 g/mol. The fraction of sp³-hybridized carbons (Fsp3) is 0.923. The SMILES string of the molecule is CCC(C)C(N)C(=O)N1CCC(C(C)O)CC1. The molecule has 0 aliphatic carbocycles. The molecule has 0 aromatic heterocycles. The Morgan fingerprint density at radius 1 is 1.41 bits per heavy atom. The zero-order valence-electron chi connectivity index (χ0n) is 11.2. The summed E-state index contributed by atoms with van der Waals surface area (Å²) < 4.78 is 0. The van der Waals surface area contributed by atoms with Gasteiger partial charge in [0.2, 0.25) is 5.91 Å². The fourth-order valence-corrected chi connectivity index (χ4v) is 2.31. The quantitative estimate of drug-likeness (QED) is 0.772. The van der Waals surface area contributed by atoms with E-state index >= 15 is 0 Å². The second kappa shape index (κ2) is 6.36. The molecular formula is C13H26N2O2. The van der Waals surface area contributed by atoms with Gasteiger partial charge in [0.05, 0.1) is 12.1 Å². The standard InChI is InChI=1S/C13H26N2O2/c1-4-9(2)12(14)13(17)15-7-5-11(6-8-15)10(3)16/h9-12,16H,4-8,14H2,1-3H3. The summed E-state index contributed by atoms with van der Waals surface area (Å²) in [6.07, 6.45) is 2.43. The summed E-state index contributed by atoms with van der Waals surface area (Å²) in [6.45, 7) is 7.37. The van der Waals surface area contributed by atoms with Gasteiger partial charge in [-0.15, -0.1) is 0 Å². The number of aliphatic hydroxyl groups excluding tert-OH is 1. The van der Waals surface area contributed by atoms with Crippen LogP contribution < -0.4 is 5.73 Å². The molecule has 0 radical (unpaired) electrons. The molecule has 4 nitrogen and oxygen atoms in total. The molecule has 1 aliphatic rings. The van der Waals surface area contributed by atoms with Gasteiger partial charge in [0, 0.05) is 13.1 Å². The Labute approximate surface area is 104 Å². The summed E-state index contributed by atoms with van der Waals surface area (Å²) in [5.74, 6) is 0.638. The normalized spacial score (nSPS) is 23.2. The summed E-state index contributed by atoms with van der Waals surface area (Å²) in [7, 11) is 0. The molecule has 0 aromatic rings. The highest BCUT2D eigenvalue weighted by atomic mass is 16.3. The molecule has 3 atom stereocenters. The summed E-state index contributed by atoms with van der Waals surface area (Å²) in [5, 5.41) is 9.51. The number of rotatable bonds is 4. The van der Waals surface area contributed by atoms with Crippen molar-refractivity contribution in [2.45, 2.75) is 52.2 Å². The van der Waals surface area contributed by atoms with Gasteiger partial charge < -0.3 is 15.7 Å². The highest BCUT2D eigenvalue weighted by molar-refractivity contribution is 5.82. The first kappa shape index (κ1) is 14.5. The number of aliphatic hydroxyl groups is 1. The van der Waals surface area contributed by atoms with Crippen LogP contribution in [0.4, 0.5) is 0 Å². The molecule has 0 spiro atoms. The lowest BCUT2D eigenvalue weighted by molar-refractivity contribution is -0.135. The van der Waals surface area contributed by atoms with Crippen molar-refractivity contribution in [3.05, 3.63) is 0 Å². The zero-order valence-corrected chi connectivity index (χ0v) is 11.2. The number of piperidine rings is 1. The number of carbonyl (C=O) groups excluding carboxylic acids is 1. The Kier molecular flexibility index (Phi) is 5.40. The van der Waals surface area contributed by atoms with Gasteiger partial charge in [0.15, 0.2) is 0 Å². The molecule has 0 aromatic carbocycles. The zero-order chi connectivity index (χ0) is 13.0. The van der Waals surface area contributed by atoms with Crippen LogP contribution in [0, 0.1) is 11.8 Å². The van der Waals surface area contributed by atoms with E-state index in [4.69, 9.17) is 5.73 Å². The Hall–Kier alpha value is -0.610. The molecule has 3 unspecified atom stereocenters. The lowest BCUT2D eigenvalue weighted by atomic mass is 9.91. The van der Waals surface area contributed by atoms with E-state index in [1.807, 2.05) is 18.7 Å². The lowest BCUT2D eigenvalue weighted by Crippen LogP contribution is -2.50. The molecule has 1 fully saturated rings. The summed E-state index contributed by atoms with van der Waals surface area (Å²) >= 11 is 0. The largest absolute Gasteiger partial charge is 0.393 e. The highest BCUT2D eigenvalue weighted by Gasteiger charge is 2.29. The van der Waals surface area contributed by atoms with Crippen molar-refractivity contribution >= 4 is 5.91 Å². The number of nitrogens with two attached hydrogens (primary N) is 1. The maximum Gasteiger partial charge on any atom is 0.239 e. The van der Waals surface area contributed by atoms with Crippen LogP contribution in [-0.2, 0) is 4.79 Å². The van der Waals surface area contributed by atoms with Crippen molar-refractivity contribution < 1.29 is 9.90 Å². The van der Waals surface area contributed by atoms with Crippen LogP contribution >= 0.6 is 0 Å². The molecule has 0 bridgehead atoms. The minimum absolute atomic E-state index is 0.0726. The predicted molar refractivity (Wildman–Crippen MR) is 68.4 cm³/mol. The van der Waals surface area contributed by atoms with E-state index in [-0.39, 0.29) is 24.0 Å². The first-order valence-corrected chi connectivity index (χ1v) is 6.69. The van der Waals surface area contributed by atoms with E-state index in [9.17, 15) is 9.90 Å². The lowest BCUT2D eigenvalue weighted by Gasteiger charge is -2.35. The van der Waals surface area contributed by atoms with E-state index in [2.05, 4.69) is 6.92 Å². The third-order valence-corrected chi connectivity index (χ3v) is 4.08. The molecule has 0 saturated carbocycles. The molecule has 1 heterocycles. The highest BCUT2D eigenvalue weighted by Crippen LogP contribution is 2.21. The molecule has 1 aliphatic heterocycles. The summed E-state index contributed by atoms with van der Waals surface area (Å²) in [6, 6.07) is -0.372. The predicted octanol–water partition coefficient (Wildman–Crippen LogP) is 0.979. The number of nitrogens with zero attached hydrogens (tertiary/aromatic N) is 1. The van der Waals surface area contributed by atoms with Crippen molar-refractivity contribution in [3.63, 3.8) is 0 Å². The van der Waals surface area contributed by atoms with E-state index < -0.39 is 0 Å². The van der Waals surface area contributed by atoms with Crippen molar-refractivity contribution in [3.8, 4) is 0 Å². The van der Waals surface area contributed by atoms with Crippen LogP contribution in [0.1, 0.15) is 40.0 Å². The Balaban J connectivity index is 2.46. The maximum absolute atomic E-state index is 12.1. The number of hydrogen-bond acceptors (Lipinski definition) is 3. The van der Waals surface area contributed by atoms with E-state index in [1.165, 1.54) is 0 Å². The molecule has 3 N–H and O–H groups in total. The van der Waals surface area contributed by atoms with Gasteiger partial charge in [0.1, 0.15) is 0 Å². The van der Waals surface area contributed by atoms with E-state index in [0.717, 1.165) is 32.4 Å². The average molecular weight is 242 g/mol. The van der Waals surface area contributed by atoms with Crippen molar-refractivity contribution in [2.24, 2.45) is 17.6 Å². The van der Waals surface area contributed by atoms with Gasteiger partial charge in [-0.2, -0.15) is 0 Å². The van der Waals surface area contributed by atoms with Gasteiger partial charge in [-0.05, 0) is 31.6 Å². The van der Waals surface area contributed by atoms with Gasteiger partial charge in [-0.3, -0.25) is 4.79 Å². The van der Waals surface area contributed by atoms with E-state index in [0.29, 0.717) is 5.92 Å². The smallest absolute Gasteiger partial charge is 0.239 e. The summed E-state index contributed by atoms with van der Waals surface area (Å²) in [5.41, 5.74) is 5.96. The number of hydrogen-bond donors (Lipinski definition) is 2. The number of amides is 1. The molecule has 1 saturated heterocycles. The van der Waals surface area contributed by atoms with Crippen LogP contribution in [0.15, 0.2) is 0 Å². The maximum atomic E-state index is 12.1. The number of carbonyl (C=O) groups is 1. The van der Waals surface area contributed by atoms with Crippen LogP contribution in [-0.4, -0.2) is 41.1 Å². The second-order valence-corrected chi connectivity index (χ2v) is 5.31. The Morgan fingerprint density at radius 2 is 1.94 bits per heavy atom. The van der Waals surface area contributed by atoms with E-state index in [1.54, 1.807) is 0 Å². The van der Waals surface area contributed by atoms with Gasteiger partial charge in [-0.25, -0.2) is 0 Å². The molecule has 100 valence electrons. The number of likely N-dealkylation sites (tertiary alicyclic amines) is 1. The summed E-state index contributed by atoms with van der Waals surface area (Å²) in [4.78, 5) is 14.0. The van der Waals surface area contributed by atoms with Crippen molar-refractivity contribution in [2.75, 3.05) is 13.1 Å². The second-order valence-electron chi connectivity index (χ2n) is 5.31. The molecule has 17 heavy (non-hydrogen) atoms. The third kappa shape index (κ3) is 3.68. The first-order chi connectivity index (χ1) is 7.97. The monoisotopic (exact) mass is 242 g/mol. The van der Waals surface area contributed by atoms with Crippen LogP contribution in [0.2, 0.25) is 0 Å². The van der Waals surface area contributed by atoms with Crippen LogP contribution in [0.25, 0.3) is 0 Å². The first-order valence-electron chi connectivity index (χ1n) is 6.69. The van der Waals surface area contributed by atoms with Crippen LogP contribution in [0.3, 0.4) is 0 Å². The van der Waals surface area contributed by atoms with Gasteiger partial charge >= 0.3 is 0 Å². The van der Waals surface area contributed by atoms with Gasteiger partial charge in [-0.1, -0.05) is 20.3 Å². The van der Waals surface area contributed by atoms with Crippen molar-refractivity contribution in [1.82, 2.24) is 4.90 Å². The Bertz CT molecular complexity index is 248. The topological polar surface area (TPSA) is 66.6 Å². The average Bonchev–Trinajstić information content (AvgIpc) is 2.36. The molecule has 1 amide bonds. The molecule has 4 heteroatoms. The minimum atomic E-state index is -0.372. The van der Waals surface area contributed by atoms with Crippen molar-refractivity contribution in [1.29, 1.82) is 0 Å². The Morgan fingerprint density at radius 3 is 2.35 bits per heavy atom. The minimum Gasteiger partial charge on any atom is -0.393 e.